The lowest BCUT2D eigenvalue weighted by Crippen LogP contribution is -2.46. The first-order chi connectivity index (χ1) is 13.2. The van der Waals surface area contributed by atoms with Crippen molar-refractivity contribution in [2.45, 2.75) is 45.1 Å². The minimum absolute atomic E-state index is 0.0314. The minimum Gasteiger partial charge on any atom is -0.481 e. The maximum atomic E-state index is 11.6. The highest BCUT2D eigenvalue weighted by atomic mass is 16.6. The zero-order valence-electron chi connectivity index (χ0n) is 15.4. The highest BCUT2D eigenvalue weighted by Gasteiger charge is 2.50. The fourth-order valence-electron chi connectivity index (χ4n) is 2.87. The van der Waals surface area contributed by atoms with Crippen molar-refractivity contribution >= 4 is 23.9 Å². The number of pyridine rings is 1. The molecule has 0 spiro atoms. The largest absolute Gasteiger partial charge is 0.481 e. The summed E-state index contributed by atoms with van der Waals surface area (Å²) in [5.74, 6) is -3.78. The summed E-state index contributed by atoms with van der Waals surface area (Å²) < 4.78 is 17.8. The van der Waals surface area contributed by atoms with Gasteiger partial charge in [0.05, 0.1) is 12.8 Å². The summed E-state index contributed by atoms with van der Waals surface area (Å²) in [6.45, 7) is 2.86. The van der Waals surface area contributed by atoms with E-state index in [1.165, 1.54) is 29.8 Å². The van der Waals surface area contributed by atoms with Crippen LogP contribution in [0.4, 0.5) is 0 Å². The molecule has 1 aromatic heterocycles. The lowest BCUT2D eigenvalue weighted by atomic mass is 10.0. The van der Waals surface area contributed by atoms with Crippen molar-refractivity contribution < 1.29 is 48.2 Å². The van der Waals surface area contributed by atoms with E-state index in [1.807, 2.05) is 0 Å². The Morgan fingerprint density at radius 2 is 1.93 bits per heavy atom. The van der Waals surface area contributed by atoms with Crippen LogP contribution in [0.25, 0.3) is 0 Å². The fourth-order valence-corrected chi connectivity index (χ4v) is 2.87. The van der Waals surface area contributed by atoms with E-state index < -0.39 is 42.3 Å². The van der Waals surface area contributed by atoms with Crippen LogP contribution in [-0.2, 0) is 28.6 Å². The molecule has 1 saturated heterocycles. The SMILES string of the molecule is CC(=O)OC1[C@H]([n+]2cccc(C(=O)O)c2)O[C@H](COC(=O)CCC(=O)O)[C@H]1C. The Kier molecular flexibility index (Phi) is 7.05. The number of aromatic nitrogens is 1. The topological polar surface area (TPSA) is 140 Å². The molecule has 0 amide bonds. The number of carbonyl (C=O) groups is 4. The number of carboxylic acid groups (broad SMARTS) is 2. The summed E-state index contributed by atoms with van der Waals surface area (Å²) in [4.78, 5) is 44.9. The number of ether oxygens (including phenoxy) is 3. The summed E-state index contributed by atoms with van der Waals surface area (Å²) in [5.41, 5.74) is 0.0314. The van der Waals surface area contributed by atoms with Crippen molar-refractivity contribution in [1.29, 1.82) is 0 Å². The molecule has 2 N–H and O–H groups in total. The third-order valence-corrected chi connectivity index (χ3v) is 4.32. The molecule has 10 nitrogen and oxygen atoms in total. The number of rotatable bonds is 8. The lowest BCUT2D eigenvalue weighted by Gasteiger charge is -2.17. The van der Waals surface area contributed by atoms with Gasteiger partial charge in [-0.15, -0.1) is 0 Å². The van der Waals surface area contributed by atoms with Gasteiger partial charge in [0.15, 0.2) is 18.5 Å². The van der Waals surface area contributed by atoms with Crippen molar-refractivity contribution in [1.82, 2.24) is 0 Å². The predicted molar refractivity (Wildman–Crippen MR) is 90.1 cm³/mol. The number of hydrogen-bond acceptors (Lipinski definition) is 7. The van der Waals surface area contributed by atoms with Crippen LogP contribution >= 0.6 is 0 Å². The van der Waals surface area contributed by atoms with Crippen molar-refractivity contribution in [3.63, 3.8) is 0 Å². The molecule has 1 aromatic rings. The lowest BCUT2D eigenvalue weighted by molar-refractivity contribution is -0.765. The molecule has 1 aliphatic rings. The molecule has 10 heteroatoms. The maximum Gasteiger partial charge on any atom is 0.341 e. The monoisotopic (exact) mass is 396 g/mol. The highest BCUT2D eigenvalue weighted by Crippen LogP contribution is 2.33. The number of carboxylic acids is 2. The van der Waals surface area contributed by atoms with Crippen LogP contribution in [0.5, 0.6) is 0 Å². The molecule has 28 heavy (non-hydrogen) atoms. The third-order valence-electron chi connectivity index (χ3n) is 4.32. The first-order valence-electron chi connectivity index (χ1n) is 8.63. The van der Waals surface area contributed by atoms with Crippen LogP contribution in [-0.4, -0.2) is 52.9 Å². The van der Waals surface area contributed by atoms with Gasteiger partial charge in [-0.1, -0.05) is 6.92 Å². The summed E-state index contributed by atoms with van der Waals surface area (Å²) in [5, 5.41) is 17.8. The predicted octanol–water partition coefficient (Wildman–Crippen LogP) is 0.545. The van der Waals surface area contributed by atoms with Crippen LogP contribution in [0.2, 0.25) is 0 Å². The van der Waals surface area contributed by atoms with E-state index in [9.17, 15) is 19.2 Å². The number of aliphatic carboxylic acids is 1. The van der Waals surface area contributed by atoms with E-state index >= 15 is 0 Å². The van der Waals surface area contributed by atoms with Crippen molar-refractivity contribution in [3.05, 3.63) is 30.1 Å². The van der Waals surface area contributed by atoms with E-state index in [-0.39, 0.29) is 30.9 Å². The molecule has 0 bridgehead atoms. The van der Waals surface area contributed by atoms with Gasteiger partial charge in [-0.05, 0) is 6.07 Å². The van der Waals surface area contributed by atoms with Gasteiger partial charge >= 0.3 is 30.1 Å². The molecular formula is C18H22NO9+. The van der Waals surface area contributed by atoms with E-state index in [0.29, 0.717) is 0 Å². The Balaban J connectivity index is 2.13. The summed E-state index contributed by atoms with van der Waals surface area (Å²) in [6.07, 6.45) is 0.192. The van der Waals surface area contributed by atoms with E-state index in [2.05, 4.69) is 0 Å². The summed E-state index contributed by atoms with van der Waals surface area (Å²) in [7, 11) is 0. The van der Waals surface area contributed by atoms with Crippen LogP contribution in [0.3, 0.4) is 0 Å². The molecule has 0 aliphatic carbocycles. The molecule has 2 heterocycles. The molecule has 1 aliphatic heterocycles. The van der Waals surface area contributed by atoms with Crippen LogP contribution in [0.1, 0.15) is 43.3 Å². The average Bonchev–Trinajstić information content (AvgIpc) is 2.93. The summed E-state index contributed by atoms with van der Waals surface area (Å²) >= 11 is 0. The van der Waals surface area contributed by atoms with Crippen molar-refractivity contribution in [3.8, 4) is 0 Å². The average molecular weight is 396 g/mol. The van der Waals surface area contributed by atoms with Gasteiger partial charge < -0.3 is 24.4 Å². The molecule has 4 atom stereocenters. The van der Waals surface area contributed by atoms with Crippen LogP contribution in [0, 0.1) is 5.92 Å². The van der Waals surface area contributed by atoms with Gasteiger partial charge in [-0.3, -0.25) is 14.4 Å². The first-order valence-corrected chi connectivity index (χ1v) is 8.63. The van der Waals surface area contributed by atoms with Gasteiger partial charge in [-0.25, -0.2) is 4.79 Å². The van der Waals surface area contributed by atoms with Crippen molar-refractivity contribution in [2.24, 2.45) is 5.92 Å². The molecule has 152 valence electrons. The Labute approximate surface area is 160 Å². The van der Waals surface area contributed by atoms with Crippen LogP contribution in [0.15, 0.2) is 24.5 Å². The number of nitrogens with zero attached hydrogens (tertiary/aromatic N) is 1. The molecule has 0 aromatic carbocycles. The van der Waals surface area contributed by atoms with Gasteiger partial charge in [0.25, 0.3) is 0 Å². The van der Waals surface area contributed by atoms with Crippen molar-refractivity contribution in [2.75, 3.05) is 6.61 Å². The minimum atomic E-state index is -1.12. The Hall–Kier alpha value is -3.01. The number of hydrogen-bond donors (Lipinski definition) is 2. The highest BCUT2D eigenvalue weighted by molar-refractivity contribution is 5.86. The Morgan fingerprint density at radius 1 is 1.21 bits per heavy atom. The smallest absolute Gasteiger partial charge is 0.341 e. The second-order valence-corrected chi connectivity index (χ2v) is 6.42. The zero-order chi connectivity index (χ0) is 20.8. The first kappa shape index (κ1) is 21.3. The molecule has 2 rings (SSSR count). The number of carbonyl (C=O) groups excluding carboxylic acids is 2. The standard InChI is InChI=1S/C18H21NO9/c1-10-13(9-26-15(23)6-5-14(21)22)28-17(16(10)27-11(2)20)19-7-3-4-12(8-19)18(24)25/h3-4,7-8,10,13,16-17H,5-6,9H2,1-2H3,(H-,21,22,24,25)/p+1/t10-,13-,16?,17-/m1/s1. The van der Waals surface area contributed by atoms with E-state index in [0.717, 1.165) is 0 Å². The molecule has 1 fully saturated rings. The quantitative estimate of drug-likeness (QED) is 0.476. The maximum absolute atomic E-state index is 11.6. The van der Waals surface area contributed by atoms with Crippen LogP contribution < -0.4 is 4.57 Å². The normalized spacial score (nSPS) is 23.8. The third kappa shape index (κ3) is 5.49. The second kappa shape index (κ2) is 9.27. The molecule has 0 radical (unpaired) electrons. The molecular weight excluding hydrogens is 374 g/mol. The molecule has 1 unspecified atom stereocenters. The summed E-state index contributed by atoms with van der Waals surface area (Å²) in [6, 6.07) is 2.95. The Morgan fingerprint density at radius 3 is 2.54 bits per heavy atom. The number of aromatic carboxylic acids is 1. The second-order valence-electron chi connectivity index (χ2n) is 6.42. The van der Waals surface area contributed by atoms with Gasteiger partial charge in [0, 0.05) is 18.9 Å². The Bertz CT molecular complexity index is 763. The number of esters is 2. The molecule has 0 saturated carbocycles. The fraction of sp³-hybridized carbons (Fsp3) is 0.500. The van der Waals surface area contributed by atoms with E-state index in [4.69, 9.17) is 24.4 Å². The van der Waals surface area contributed by atoms with E-state index in [1.54, 1.807) is 13.1 Å². The van der Waals surface area contributed by atoms with Gasteiger partial charge in [-0.2, -0.15) is 4.57 Å². The van der Waals surface area contributed by atoms with Gasteiger partial charge in [0.2, 0.25) is 0 Å². The van der Waals surface area contributed by atoms with Gasteiger partial charge in [0.1, 0.15) is 18.3 Å². The zero-order valence-corrected chi connectivity index (χ0v) is 15.4.